The molecule has 64 heavy (non-hydrogen) atoms. The van der Waals surface area contributed by atoms with Gasteiger partial charge in [-0.3, -0.25) is 33.0 Å². The number of H-pyrrole nitrogens is 1. The van der Waals surface area contributed by atoms with Gasteiger partial charge in [-0.05, 0) is 36.8 Å². The molecule has 2 aromatic carbocycles. The first-order chi connectivity index (χ1) is 30.2. The summed E-state index contributed by atoms with van der Waals surface area (Å²) < 4.78 is 71.5. The Morgan fingerprint density at radius 3 is 2.11 bits per heavy atom. The molecule has 0 aliphatic carbocycles. The summed E-state index contributed by atoms with van der Waals surface area (Å²) >= 11 is 0. The molecule has 2 aromatic heterocycles. The Kier molecular flexibility index (Phi) is 14.1. The molecule has 2 fully saturated rings. The predicted molar refractivity (Wildman–Crippen MR) is 211 cm³/mol. The van der Waals surface area contributed by atoms with Gasteiger partial charge < -0.3 is 63.7 Å². The Morgan fingerprint density at radius 2 is 1.52 bits per heavy atom. The van der Waals surface area contributed by atoms with E-state index < -0.39 is 97.2 Å². The number of rotatable bonds is 17. The molecule has 6 N–H and O–H groups in total. The van der Waals surface area contributed by atoms with Crippen LogP contribution >= 0.6 is 23.5 Å². The van der Waals surface area contributed by atoms with Crippen molar-refractivity contribution >= 4 is 57.9 Å². The number of nitrogens with zero attached hydrogens (tertiary/aromatic N) is 5. The number of aliphatic hydroxyl groups is 4. The molecular weight excluding hydrogens is 915 g/mol. The van der Waals surface area contributed by atoms with E-state index in [-0.39, 0.29) is 29.7 Å². The number of phosphoric ester groups is 2. The highest BCUT2D eigenvalue weighted by Crippen LogP contribution is 2.63. The van der Waals surface area contributed by atoms with E-state index in [4.69, 9.17) is 19.3 Å². The van der Waals surface area contributed by atoms with E-state index in [2.05, 4.69) is 33.0 Å². The Morgan fingerprint density at radius 1 is 0.906 bits per heavy atom. The SMILES string of the molecule is COC(=O)c1ccc(C2=NN(c3ccccc3)C(CNc3nc4c(c(=O)[nH]3)n(C)c[n+]4[C@@H]3O[C@H](COP(=O)([O-])OP(=O)([O-])OP(=O)([O-])OC[C@H]4O[C@@H](C)C(O)[C@H]4O)[C@H](O)C3O)C2)cc1. The first-order valence-corrected chi connectivity index (χ1v) is 23.6. The predicted octanol–water partition coefficient (Wildman–Crippen LogP) is -1.97. The molecule has 0 radical (unpaired) electrons. The zero-order valence-corrected chi connectivity index (χ0v) is 36.5. The number of hydrogen-bond acceptors (Lipinski definition) is 23. The van der Waals surface area contributed by atoms with E-state index in [1.807, 2.05) is 35.3 Å². The van der Waals surface area contributed by atoms with Crippen LogP contribution in [0.4, 0.5) is 11.6 Å². The highest BCUT2D eigenvalue weighted by atomic mass is 31.3. The van der Waals surface area contributed by atoms with Gasteiger partial charge in [-0.2, -0.15) is 5.10 Å². The number of anilines is 2. The third-order valence-corrected chi connectivity index (χ3v) is 14.5. The van der Waals surface area contributed by atoms with Gasteiger partial charge in [0.15, 0.2) is 6.33 Å². The summed E-state index contributed by atoms with van der Waals surface area (Å²) in [6.45, 7) is -0.647. The Hall–Kier alpha value is -4.30. The molecule has 3 aliphatic rings. The fourth-order valence-electron chi connectivity index (χ4n) is 7.20. The number of para-hydroxylation sites is 1. The van der Waals surface area contributed by atoms with E-state index in [9.17, 15) is 58.4 Å². The molecule has 348 valence electrons. The zero-order chi connectivity index (χ0) is 46.3. The van der Waals surface area contributed by atoms with Crippen LogP contribution in [0.3, 0.4) is 0 Å². The van der Waals surface area contributed by atoms with Crippen molar-refractivity contribution in [1.29, 1.82) is 0 Å². The number of aromatic nitrogens is 4. The molecule has 29 heteroatoms. The lowest BCUT2D eigenvalue weighted by atomic mass is 10.0. The molecule has 3 aliphatic heterocycles. The van der Waals surface area contributed by atoms with Gasteiger partial charge in [0.25, 0.3) is 35.0 Å². The second kappa shape index (κ2) is 18.9. The molecule has 0 saturated carbocycles. The van der Waals surface area contributed by atoms with Crippen LogP contribution in [-0.4, -0.2) is 122 Å². The fraction of sp³-hybridized carbons (Fsp3) is 0.457. The summed E-state index contributed by atoms with van der Waals surface area (Å²) in [5.74, 6) is -0.489. The molecule has 0 spiro atoms. The summed E-state index contributed by atoms with van der Waals surface area (Å²) in [4.78, 5) is 69.5. The maximum absolute atomic E-state index is 13.4. The lowest BCUT2D eigenvalue weighted by Crippen LogP contribution is -2.46. The summed E-state index contributed by atoms with van der Waals surface area (Å²) in [5, 5.41) is 51.2. The van der Waals surface area contributed by atoms with Crippen LogP contribution in [0.1, 0.15) is 35.5 Å². The first kappa shape index (κ1) is 47.7. The van der Waals surface area contributed by atoms with E-state index in [0.717, 1.165) is 11.3 Å². The van der Waals surface area contributed by atoms with Crippen LogP contribution in [0.25, 0.3) is 11.2 Å². The van der Waals surface area contributed by atoms with Gasteiger partial charge in [0.2, 0.25) is 11.7 Å². The van der Waals surface area contributed by atoms with Gasteiger partial charge in [-0.15, -0.1) is 0 Å². The van der Waals surface area contributed by atoms with Crippen LogP contribution in [0.2, 0.25) is 0 Å². The lowest BCUT2D eigenvalue weighted by Gasteiger charge is -2.34. The van der Waals surface area contributed by atoms with E-state index in [0.29, 0.717) is 17.7 Å². The number of carbonyl (C=O) groups excluding carboxylic acids is 1. The third kappa shape index (κ3) is 10.5. The largest absolute Gasteiger partial charge is 0.756 e. The molecule has 2 saturated heterocycles. The van der Waals surface area contributed by atoms with Crippen molar-refractivity contribution in [3.63, 3.8) is 0 Å². The smallest absolute Gasteiger partial charge is 0.337 e. The van der Waals surface area contributed by atoms with Crippen LogP contribution < -0.4 is 35.1 Å². The average molecular weight is 958 g/mol. The third-order valence-electron chi connectivity index (χ3n) is 10.3. The highest BCUT2D eigenvalue weighted by Gasteiger charge is 2.48. The van der Waals surface area contributed by atoms with Crippen molar-refractivity contribution in [3.8, 4) is 0 Å². The number of phosphoric acid groups is 3. The number of ether oxygens (including phenoxy) is 3. The van der Waals surface area contributed by atoms with Crippen molar-refractivity contribution in [2.75, 3.05) is 37.2 Å². The number of esters is 1. The number of fused-ring (bicyclic) bond motifs is 1. The lowest BCUT2D eigenvalue weighted by molar-refractivity contribution is -0.745. The Labute approximate surface area is 362 Å². The second-order valence-electron chi connectivity index (χ2n) is 14.8. The van der Waals surface area contributed by atoms with E-state index >= 15 is 0 Å². The van der Waals surface area contributed by atoms with Crippen LogP contribution in [0, 0.1) is 0 Å². The molecular formula is C35H42N7O19P3-2. The van der Waals surface area contributed by atoms with Crippen LogP contribution in [-0.2, 0) is 52.6 Å². The monoisotopic (exact) mass is 957 g/mol. The maximum atomic E-state index is 13.4. The standard InChI is InChI=1S/C35H44N7O19P3/c1-18-27(43)28(44)24(58-18)15-56-62(49,50)60-64(53,54)61-63(51,52)57-16-25-29(45)30(46)33(59-25)41-17-40(2)26-31(41)37-35(38-32(26)47)36-14-22-13-23(39-42(22)21-7-5-4-6-8-21)19-9-11-20(12-10-19)34(48)55-3/h4-12,17-18,22,24-25,27-30,33,43-46H,13-16H2,1-3H3,(H4-,36,37,38,47,49,50,51,52,53,54)/p-2/t18-,22?,24+,25+,27?,28-,29-,30?,33+/m0/s1. The van der Waals surface area contributed by atoms with E-state index in [1.54, 1.807) is 24.3 Å². The number of nitrogens with one attached hydrogen (secondary N) is 2. The topological polar surface area (TPSA) is 365 Å². The minimum absolute atomic E-state index is 0.00531. The molecule has 7 rings (SSSR count). The number of methoxy groups -OCH3 is 1. The molecule has 26 nitrogen and oxygen atoms in total. The number of benzene rings is 2. The van der Waals surface area contributed by atoms with Crippen molar-refractivity contribution in [3.05, 3.63) is 82.4 Å². The van der Waals surface area contributed by atoms with Gasteiger partial charge >= 0.3 is 11.6 Å². The van der Waals surface area contributed by atoms with Crippen molar-refractivity contribution in [1.82, 2.24) is 14.5 Å². The average Bonchev–Trinajstić information content (AvgIpc) is 3.97. The summed E-state index contributed by atoms with van der Waals surface area (Å²) in [6, 6.07) is 15.8. The zero-order valence-electron chi connectivity index (χ0n) is 33.8. The van der Waals surface area contributed by atoms with Gasteiger partial charge in [0, 0.05) is 13.0 Å². The number of hydrazone groups is 1. The molecule has 5 heterocycles. The number of aromatic amines is 1. The Balaban J connectivity index is 1.00. The highest BCUT2D eigenvalue weighted by molar-refractivity contribution is 7.65. The normalized spacial score (nSPS) is 28.7. The minimum Gasteiger partial charge on any atom is -0.756 e. The number of aryl methyl sites for hydroxylation is 1. The summed E-state index contributed by atoms with van der Waals surface area (Å²) in [6.07, 6.45) is -10.5. The quantitative estimate of drug-likeness (QED) is 0.0380. The van der Waals surface area contributed by atoms with Crippen molar-refractivity contribution < 1.29 is 90.0 Å². The second-order valence-corrected chi connectivity index (χ2v) is 19.3. The van der Waals surface area contributed by atoms with Gasteiger partial charge in [0.1, 0.15) is 36.6 Å². The number of aliphatic hydroxyl groups excluding tert-OH is 4. The Bertz CT molecular complexity index is 2580. The van der Waals surface area contributed by atoms with Crippen LogP contribution in [0.5, 0.6) is 0 Å². The van der Waals surface area contributed by atoms with Gasteiger partial charge in [-0.1, -0.05) is 35.3 Å². The first-order valence-electron chi connectivity index (χ1n) is 19.2. The number of carbonyl (C=O) groups is 1. The minimum atomic E-state index is -6.31. The fourth-order valence-corrected chi connectivity index (χ4v) is 10.6. The van der Waals surface area contributed by atoms with Crippen molar-refractivity contribution in [2.24, 2.45) is 12.1 Å². The summed E-state index contributed by atoms with van der Waals surface area (Å²) in [5.41, 5.74) is 1.97. The molecule has 12 atom stereocenters. The van der Waals surface area contributed by atoms with Crippen molar-refractivity contribution in [2.45, 2.75) is 68.3 Å². The van der Waals surface area contributed by atoms with E-state index in [1.165, 1.54) is 36.5 Å². The molecule has 0 bridgehead atoms. The molecule has 4 aromatic rings. The summed E-state index contributed by atoms with van der Waals surface area (Å²) in [7, 11) is -15.4. The van der Waals surface area contributed by atoms with Crippen LogP contribution in [0.15, 0.2) is 70.8 Å². The maximum Gasteiger partial charge on any atom is 0.337 e. The molecule has 6 unspecified atom stereocenters. The van der Waals surface area contributed by atoms with Gasteiger partial charge in [0.05, 0.1) is 56.5 Å². The number of hydrogen-bond donors (Lipinski definition) is 6. The molecule has 0 amide bonds. The van der Waals surface area contributed by atoms with Gasteiger partial charge in [-0.25, -0.2) is 18.0 Å². The number of imidazole rings is 1.